The molecular weight excluding hydrogens is 370 g/mol. The first kappa shape index (κ1) is 19.7. The molecule has 1 aliphatic rings. The van der Waals surface area contributed by atoms with E-state index in [9.17, 15) is 9.59 Å². The summed E-state index contributed by atoms with van der Waals surface area (Å²) in [5, 5.41) is 0.505. The Kier molecular flexibility index (Phi) is 6.06. The summed E-state index contributed by atoms with van der Waals surface area (Å²) in [6.45, 7) is 7.77. The molecule has 0 bridgehead atoms. The van der Waals surface area contributed by atoms with E-state index in [0.29, 0.717) is 29.7 Å². The number of aromatic amines is 1. The highest BCUT2D eigenvalue weighted by Gasteiger charge is 2.26. The number of piperazine rings is 1. The number of amides is 1. The van der Waals surface area contributed by atoms with Crippen molar-refractivity contribution in [2.45, 2.75) is 26.3 Å². The van der Waals surface area contributed by atoms with E-state index < -0.39 is 0 Å². The fourth-order valence-electron chi connectivity index (χ4n) is 3.69. The van der Waals surface area contributed by atoms with Crippen LogP contribution in [0, 0.1) is 5.92 Å². The van der Waals surface area contributed by atoms with Crippen LogP contribution in [0.1, 0.15) is 26.3 Å². The number of hydrogen-bond acceptors (Lipinski definition) is 5. The third-order valence-corrected chi connectivity index (χ3v) is 5.13. The Hall–Kier alpha value is -2.06. The van der Waals surface area contributed by atoms with Crippen molar-refractivity contribution >= 4 is 28.9 Å². The van der Waals surface area contributed by atoms with Crippen molar-refractivity contribution in [3.8, 4) is 0 Å². The lowest BCUT2D eigenvalue weighted by atomic mass is 10.0. The zero-order valence-corrected chi connectivity index (χ0v) is 16.7. The van der Waals surface area contributed by atoms with Gasteiger partial charge < -0.3 is 9.64 Å². The van der Waals surface area contributed by atoms with Crippen LogP contribution in [0.2, 0.25) is 5.02 Å². The van der Waals surface area contributed by atoms with Gasteiger partial charge in [0.2, 0.25) is 0 Å². The Balaban J connectivity index is 1.82. The maximum Gasteiger partial charge on any atom is 0.409 e. The molecule has 1 saturated heterocycles. The van der Waals surface area contributed by atoms with Gasteiger partial charge in [0.25, 0.3) is 0 Å². The molecule has 1 atom stereocenters. The first-order valence-corrected chi connectivity index (χ1v) is 9.58. The molecule has 1 amide bonds. The van der Waals surface area contributed by atoms with Crippen molar-refractivity contribution in [2.24, 2.45) is 5.92 Å². The molecule has 0 unspecified atom stereocenters. The van der Waals surface area contributed by atoms with Gasteiger partial charge in [-0.3, -0.25) is 14.5 Å². The number of ether oxygens (including phenoxy) is 1. The van der Waals surface area contributed by atoms with Crippen LogP contribution in [-0.2, 0) is 4.74 Å². The molecule has 3 rings (SSSR count). The zero-order chi connectivity index (χ0) is 19.6. The number of H-pyrrole nitrogens is 1. The van der Waals surface area contributed by atoms with E-state index >= 15 is 0 Å². The van der Waals surface area contributed by atoms with Crippen molar-refractivity contribution < 1.29 is 9.53 Å². The number of hydrogen-bond donors (Lipinski definition) is 1. The lowest BCUT2D eigenvalue weighted by Gasteiger charge is -2.36. The predicted molar refractivity (Wildman–Crippen MR) is 104 cm³/mol. The summed E-state index contributed by atoms with van der Waals surface area (Å²) in [5.74, 6) is 0.426. The number of aromatic nitrogens is 3. The minimum absolute atomic E-state index is 0.00352. The van der Waals surface area contributed by atoms with Crippen LogP contribution < -0.4 is 5.69 Å². The van der Waals surface area contributed by atoms with Crippen LogP contribution in [-0.4, -0.2) is 70.3 Å². The van der Waals surface area contributed by atoms with Crippen LogP contribution in [0.3, 0.4) is 0 Å². The maximum atomic E-state index is 12.6. The molecule has 0 aliphatic carbocycles. The van der Waals surface area contributed by atoms with Crippen molar-refractivity contribution in [3.63, 3.8) is 0 Å². The highest BCUT2D eigenvalue weighted by atomic mass is 35.5. The van der Waals surface area contributed by atoms with Crippen LogP contribution in [0.4, 0.5) is 4.79 Å². The second-order valence-corrected chi connectivity index (χ2v) is 7.80. The quantitative estimate of drug-likeness (QED) is 0.840. The molecule has 0 radical (unpaired) electrons. The second kappa shape index (κ2) is 8.31. The Morgan fingerprint density at radius 1 is 1.33 bits per heavy atom. The summed E-state index contributed by atoms with van der Waals surface area (Å²) in [4.78, 5) is 35.3. The standard InChI is InChI=1S/C18H26ClN5O3/c1-12(2)8-14(11-22-4-6-23(7-5-22)18(26)27-3)24-15-9-13(19)10-20-16(15)21-17(24)25/h9-10,12,14H,4-8,11H2,1-3H3,(H,20,21,25)/t14-/m0/s1. The number of nitrogens with one attached hydrogen (secondary N) is 1. The number of carbonyl (C=O) groups is 1. The molecule has 0 spiro atoms. The molecule has 8 nitrogen and oxygen atoms in total. The second-order valence-electron chi connectivity index (χ2n) is 7.36. The summed E-state index contributed by atoms with van der Waals surface area (Å²) in [6, 6.07) is 1.78. The summed E-state index contributed by atoms with van der Waals surface area (Å²) < 4.78 is 6.57. The topological polar surface area (TPSA) is 83.5 Å². The number of fused-ring (bicyclic) bond motifs is 1. The zero-order valence-electron chi connectivity index (χ0n) is 15.9. The van der Waals surface area contributed by atoms with E-state index in [2.05, 4.69) is 28.7 Å². The van der Waals surface area contributed by atoms with Crippen molar-refractivity contribution in [3.05, 3.63) is 27.8 Å². The SMILES string of the molecule is COC(=O)N1CCN(C[C@H](CC(C)C)n2c(=O)[nH]c3ncc(Cl)cc32)CC1. The number of rotatable bonds is 5. The van der Waals surface area contributed by atoms with Gasteiger partial charge in [-0.2, -0.15) is 0 Å². The summed E-state index contributed by atoms with van der Waals surface area (Å²) in [5.41, 5.74) is 1.11. The smallest absolute Gasteiger partial charge is 0.409 e. The van der Waals surface area contributed by atoms with Crippen LogP contribution in [0.25, 0.3) is 11.2 Å². The van der Waals surface area contributed by atoms with Crippen molar-refractivity contribution in [1.29, 1.82) is 0 Å². The average molecular weight is 396 g/mol. The minimum atomic E-state index is -0.290. The van der Waals surface area contributed by atoms with E-state index in [1.54, 1.807) is 15.5 Å². The molecule has 2 aromatic rings. The number of imidazole rings is 1. The first-order valence-electron chi connectivity index (χ1n) is 9.20. The van der Waals surface area contributed by atoms with E-state index in [-0.39, 0.29) is 17.8 Å². The molecule has 1 fully saturated rings. The fraction of sp³-hybridized carbons (Fsp3) is 0.611. The molecule has 0 saturated carbocycles. The van der Waals surface area contributed by atoms with Gasteiger partial charge in [-0.15, -0.1) is 0 Å². The Morgan fingerprint density at radius 2 is 2.04 bits per heavy atom. The van der Waals surface area contributed by atoms with E-state index in [0.717, 1.165) is 31.6 Å². The number of halogens is 1. The van der Waals surface area contributed by atoms with Gasteiger partial charge in [-0.25, -0.2) is 14.6 Å². The highest BCUT2D eigenvalue weighted by Crippen LogP contribution is 2.24. The van der Waals surface area contributed by atoms with Gasteiger partial charge in [0, 0.05) is 38.9 Å². The lowest BCUT2D eigenvalue weighted by Crippen LogP contribution is -2.50. The van der Waals surface area contributed by atoms with Gasteiger partial charge in [-0.1, -0.05) is 25.4 Å². The third kappa shape index (κ3) is 4.44. The van der Waals surface area contributed by atoms with E-state index in [1.165, 1.54) is 13.3 Å². The van der Waals surface area contributed by atoms with Crippen LogP contribution in [0.5, 0.6) is 0 Å². The number of methoxy groups -OCH3 is 1. The van der Waals surface area contributed by atoms with Crippen molar-refractivity contribution in [1.82, 2.24) is 24.3 Å². The lowest BCUT2D eigenvalue weighted by molar-refractivity contribution is 0.0848. The molecule has 3 heterocycles. The van der Waals surface area contributed by atoms with Gasteiger partial charge in [0.1, 0.15) is 0 Å². The number of pyridine rings is 1. The minimum Gasteiger partial charge on any atom is -0.453 e. The predicted octanol–water partition coefficient (Wildman–Crippen LogP) is 2.35. The van der Waals surface area contributed by atoms with Gasteiger partial charge in [0.15, 0.2) is 5.65 Å². The summed E-state index contributed by atoms with van der Waals surface area (Å²) in [7, 11) is 1.40. The average Bonchev–Trinajstić information content (AvgIpc) is 2.95. The largest absolute Gasteiger partial charge is 0.453 e. The molecule has 2 aromatic heterocycles. The molecule has 148 valence electrons. The van der Waals surface area contributed by atoms with E-state index in [4.69, 9.17) is 16.3 Å². The van der Waals surface area contributed by atoms with Crippen LogP contribution in [0.15, 0.2) is 17.1 Å². The summed E-state index contributed by atoms with van der Waals surface area (Å²) in [6.07, 6.45) is 2.10. The fourth-order valence-corrected chi connectivity index (χ4v) is 3.84. The summed E-state index contributed by atoms with van der Waals surface area (Å²) >= 11 is 6.11. The normalized spacial score (nSPS) is 16.9. The monoisotopic (exact) mass is 395 g/mol. The Bertz CT molecular complexity index is 854. The molecule has 27 heavy (non-hydrogen) atoms. The van der Waals surface area contributed by atoms with Gasteiger partial charge >= 0.3 is 11.8 Å². The number of nitrogens with zero attached hydrogens (tertiary/aromatic N) is 4. The molecule has 1 aliphatic heterocycles. The van der Waals surface area contributed by atoms with Gasteiger partial charge in [-0.05, 0) is 18.4 Å². The van der Waals surface area contributed by atoms with Crippen molar-refractivity contribution in [2.75, 3.05) is 39.8 Å². The Morgan fingerprint density at radius 3 is 2.67 bits per heavy atom. The molecule has 9 heteroatoms. The third-order valence-electron chi connectivity index (χ3n) is 4.92. The molecule has 1 N–H and O–H groups in total. The Labute approximate surface area is 163 Å². The first-order chi connectivity index (χ1) is 12.9. The van der Waals surface area contributed by atoms with Crippen LogP contribution >= 0.6 is 11.6 Å². The molecular formula is C18H26ClN5O3. The maximum absolute atomic E-state index is 12.6. The van der Waals surface area contributed by atoms with E-state index in [1.807, 2.05) is 0 Å². The highest BCUT2D eigenvalue weighted by molar-refractivity contribution is 6.31. The van der Waals surface area contributed by atoms with Gasteiger partial charge in [0.05, 0.1) is 23.7 Å². The number of carbonyl (C=O) groups excluding carboxylic acids is 1. The molecule has 0 aromatic carbocycles.